The molecule has 1 fully saturated rings. The highest BCUT2D eigenvalue weighted by molar-refractivity contribution is 9.10. The van der Waals surface area contributed by atoms with Crippen LogP contribution in [0.2, 0.25) is 0 Å². The van der Waals surface area contributed by atoms with Crippen LogP contribution in [0.3, 0.4) is 0 Å². The van der Waals surface area contributed by atoms with Gasteiger partial charge in [-0.25, -0.2) is 0 Å². The molecule has 122 valence electrons. The summed E-state index contributed by atoms with van der Waals surface area (Å²) >= 11 is 3.37. The molecule has 3 unspecified atom stereocenters. The Balaban J connectivity index is 0.00000208. The van der Waals surface area contributed by atoms with Crippen LogP contribution in [0.1, 0.15) is 17.5 Å². The molecule has 2 amide bonds. The van der Waals surface area contributed by atoms with Crippen LogP contribution in [-0.4, -0.2) is 11.8 Å². The quantitative estimate of drug-likeness (QED) is 0.506. The first-order valence-electron chi connectivity index (χ1n) is 7.07. The largest absolute Gasteiger partial charge is 1.00 e. The molecule has 1 aromatic carbocycles. The second-order valence-corrected chi connectivity index (χ2v) is 6.22. The molecule has 0 saturated carbocycles. The molecule has 3 rings (SSSR count). The van der Waals surface area contributed by atoms with Crippen LogP contribution >= 0.6 is 15.9 Å². The van der Waals surface area contributed by atoms with Gasteiger partial charge in [-0.2, -0.15) is 9.83 Å². The molecule has 1 N–H and O–H groups in total. The topological polar surface area (TPSA) is 73.8 Å². The molecule has 1 aliphatic heterocycles. The highest BCUT2D eigenvalue weighted by atomic mass is 79.9. The maximum atomic E-state index is 12.4. The minimum atomic E-state index is -0.924. The number of nitrogens with one attached hydrogen (secondary N) is 1. The van der Waals surface area contributed by atoms with Crippen molar-refractivity contribution in [1.29, 1.82) is 5.26 Å². The Hall–Kier alpha value is -2.23. The van der Waals surface area contributed by atoms with Gasteiger partial charge in [0.2, 0.25) is 11.9 Å². The van der Waals surface area contributed by atoms with E-state index in [0.717, 1.165) is 10.0 Å². The summed E-state index contributed by atoms with van der Waals surface area (Å²) in [6.07, 6.45) is 3.53. The predicted molar refractivity (Wildman–Crippen MR) is 84.8 cm³/mol. The van der Waals surface area contributed by atoms with E-state index >= 15 is 0 Å². The summed E-state index contributed by atoms with van der Waals surface area (Å²) in [6.45, 7) is 0. The number of hydrogen-bond donors (Lipinski definition) is 1. The van der Waals surface area contributed by atoms with E-state index in [-0.39, 0.29) is 12.4 Å². The molecule has 7 heteroatoms. The lowest BCUT2D eigenvalue weighted by Crippen LogP contribution is -3.00. The Bertz CT molecular complexity index is 790. The fourth-order valence-electron chi connectivity index (χ4n) is 2.90. The van der Waals surface area contributed by atoms with E-state index in [2.05, 4.69) is 21.2 Å². The lowest BCUT2D eigenvalue weighted by atomic mass is 9.77. The van der Waals surface area contributed by atoms with Crippen molar-refractivity contribution in [1.82, 2.24) is 5.32 Å². The molecule has 2 aromatic rings. The van der Waals surface area contributed by atoms with E-state index in [9.17, 15) is 14.9 Å². The predicted octanol–water partition coefficient (Wildman–Crippen LogP) is -1.14. The summed E-state index contributed by atoms with van der Waals surface area (Å²) < 4.78 is 2.63. The first-order chi connectivity index (χ1) is 11.1. The van der Waals surface area contributed by atoms with Crippen LogP contribution in [-0.2, 0) is 9.59 Å². The minimum Gasteiger partial charge on any atom is -1.00 e. The number of halogens is 2. The van der Waals surface area contributed by atoms with Crippen LogP contribution in [0.15, 0.2) is 59.3 Å². The zero-order valence-corrected chi connectivity index (χ0v) is 14.7. The van der Waals surface area contributed by atoms with Crippen LogP contribution in [0, 0.1) is 17.2 Å². The summed E-state index contributed by atoms with van der Waals surface area (Å²) in [5.41, 5.74) is 0.782. The number of nitrogens with zero attached hydrogens (tertiary/aromatic N) is 2. The average molecular weight is 407 g/mol. The molecule has 24 heavy (non-hydrogen) atoms. The number of piperidine rings is 1. The maximum absolute atomic E-state index is 12.4. The number of imide groups is 1. The normalized spacial score (nSPS) is 22.9. The number of carbonyl (C=O) groups excluding carboxylic acids is 2. The molecule has 2 heterocycles. The molecule has 0 spiro atoms. The second kappa shape index (κ2) is 7.56. The van der Waals surface area contributed by atoms with Crippen LogP contribution in [0.4, 0.5) is 0 Å². The fraction of sp³-hybridized carbons (Fsp3) is 0.176. The first kappa shape index (κ1) is 18.1. The Morgan fingerprint density at radius 3 is 2.25 bits per heavy atom. The van der Waals surface area contributed by atoms with Crippen LogP contribution < -0.4 is 22.3 Å². The zero-order chi connectivity index (χ0) is 16.4. The lowest BCUT2D eigenvalue weighted by Gasteiger charge is -2.30. The lowest BCUT2D eigenvalue weighted by molar-refractivity contribution is -0.713. The van der Waals surface area contributed by atoms with Gasteiger partial charge in [-0.3, -0.25) is 14.9 Å². The van der Waals surface area contributed by atoms with Gasteiger partial charge in [-0.15, -0.1) is 0 Å². The third-order valence-corrected chi connectivity index (χ3v) is 4.48. The minimum absolute atomic E-state index is 0. The number of pyridine rings is 1. The standard InChI is InChI=1S/C17H12BrN3O2.ClH/c18-12-6-4-11(5-7-12)14-13(10-19)16(22)20-17(23)15(14)21-8-2-1-3-9-21;/h1-9,13-15H;1H. The Morgan fingerprint density at radius 2 is 1.67 bits per heavy atom. The van der Waals surface area contributed by atoms with E-state index in [1.165, 1.54) is 0 Å². The van der Waals surface area contributed by atoms with Crippen molar-refractivity contribution in [2.24, 2.45) is 5.92 Å². The summed E-state index contributed by atoms with van der Waals surface area (Å²) in [6, 6.07) is 14.2. The summed E-state index contributed by atoms with van der Waals surface area (Å²) in [4.78, 5) is 24.5. The monoisotopic (exact) mass is 405 g/mol. The Morgan fingerprint density at radius 1 is 1.04 bits per heavy atom. The van der Waals surface area contributed by atoms with E-state index in [1.54, 1.807) is 17.0 Å². The average Bonchev–Trinajstić information content (AvgIpc) is 2.56. The van der Waals surface area contributed by atoms with E-state index in [0.29, 0.717) is 0 Å². The van der Waals surface area contributed by atoms with Crippen molar-refractivity contribution in [3.8, 4) is 6.07 Å². The summed E-state index contributed by atoms with van der Waals surface area (Å²) in [5, 5.41) is 11.8. The van der Waals surface area contributed by atoms with Crippen molar-refractivity contribution in [3.63, 3.8) is 0 Å². The molecular formula is C17H13BrClN3O2. The summed E-state index contributed by atoms with van der Waals surface area (Å²) in [5.74, 6) is -2.41. The van der Waals surface area contributed by atoms with E-state index in [1.807, 2.05) is 48.5 Å². The van der Waals surface area contributed by atoms with Gasteiger partial charge in [0.05, 0.1) is 12.0 Å². The number of benzene rings is 1. The number of aromatic nitrogens is 1. The SMILES string of the molecule is N#CC1C(=O)NC(=O)C([n+]2ccccc2)C1c1ccc(Br)cc1.[Cl-]. The Kier molecular flexibility index (Phi) is 5.71. The molecule has 1 aliphatic rings. The summed E-state index contributed by atoms with van der Waals surface area (Å²) in [7, 11) is 0. The molecule has 0 radical (unpaired) electrons. The van der Waals surface area contributed by atoms with Gasteiger partial charge < -0.3 is 12.4 Å². The third-order valence-electron chi connectivity index (χ3n) is 3.95. The van der Waals surface area contributed by atoms with Crippen LogP contribution in [0.25, 0.3) is 0 Å². The van der Waals surface area contributed by atoms with Gasteiger partial charge in [0.15, 0.2) is 12.4 Å². The van der Waals surface area contributed by atoms with Crippen molar-refractivity contribution >= 4 is 27.7 Å². The highest BCUT2D eigenvalue weighted by Gasteiger charge is 2.50. The number of hydrogen-bond acceptors (Lipinski definition) is 3. The van der Waals surface area contributed by atoms with E-state index < -0.39 is 29.7 Å². The smallest absolute Gasteiger partial charge is 0.296 e. The van der Waals surface area contributed by atoms with Gasteiger partial charge in [-0.1, -0.05) is 34.1 Å². The Labute approximate surface area is 153 Å². The van der Waals surface area contributed by atoms with Gasteiger partial charge in [-0.05, 0) is 17.7 Å². The van der Waals surface area contributed by atoms with Gasteiger partial charge >= 0.3 is 0 Å². The number of nitriles is 1. The molecule has 0 aliphatic carbocycles. The van der Waals surface area contributed by atoms with Crippen molar-refractivity contribution < 1.29 is 26.6 Å². The molecule has 5 nitrogen and oxygen atoms in total. The number of amides is 2. The van der Waals surface area contributed by atoms with Crippen molar-refractivity contribution in [2.45, 2.75) is 12.0 Å². The maximum Gasteiger partial charge on any atom is 0.296 e. The van der Waals surface area contributed by atoms with Crippen molar-refractivity contribution in [3.05, 3.63) is 64.9 Å². The fourth-order valence-corrected chi connectivity index (χ4v) is 3.16. The first-order valence-corrected chi connectivity index (χ1v) is 7.86. The van der Waals surface area contributed by atoms with E-state index in [4.69, 9.17) is 0 Å². The number of rotatable bonds is 2. The third kappa shape index (κ3) is 3.32. The highest BCUT2D eigenvalue weighted by Crippen LogP contribution is 2.36. The van der Waals surface area contributed by atoms with Crippen LogP contribution in [0.5, 0.6) is 0 Å². The van der Waals surface area contributed by atoms with Gasteiger partial charge in [0.25, 0.3) is 5.91 Å². The molecule has 1 saturated heterocycles. The molecule has 0 bridgehead atoms. The molecular weight excluding hydrogens is 394 g/mol. The van der Waals surface area contributed by atoms with Gasteiger partial charge in [0, 0.05) is 16.6 Å². The van der Waals surface area contributed by atoms with Gasteiger partial charge in [0.1, 0.15) is 5.92 Å². The number of carbonyl (C=O) groups is 2. The zero-order valence-electron chi connectivity index (χ0n) is 12.4. The molecule has 1 aromatic heterocycles. The molecule has 3 atom stereocenters. The second-order valence-electron chi connectivity index (χ2n) is 5.31. The van der Waals surface area contributed by atoms with Crippen molar-refractivity contribution in [2.75, 3.05) is 0 Å².